The quantitative estimate of drug-likeness (QED) is 0.267. The van der Waals surface area contributed by atoms with Crippen molar-refractivity contribution >= 4 is 67.9 Å². The van der Waals surface area contributed by atoms with E-state index >= 15 is 0 Å². The van der Waals surface area contributed by atoms with Crippen molar-refractivity contribution in [1.29, 1.82) is 0 Å². The van der Waals surface area contributed by atoms with Crippen molar-refractivity contribution in [2.45, 2.75) is 27.6 Å². The van der Waals surface area contributed by atoms with Gasteiger partial charge in [-0.05, 0) is 66.2 Å². The topological polar surface area (TPSA) is 161 Å². The number of nitrogens with zero attached hydrogens (tertiary/aromatic N) is 3. The van der Waals surface area contributed by atoms with Gasteiger partial charge in [0.05, 0.1) is 28.6 Å². The molecule has 0 unspecified atom stereocenters. The van der Waals surface area contributed by atoms with E-state index in [2.05, 4.69) is 5.32 Å². The van der Waals surface area contributed by atoms with E-state index < -0.39 is 43.8 Å². The summed E-state index contributed by atoms with van der Waals surface area (Å²) in [6, 6.07) is 19.6. The summed E-state index contributed by atoms with van der Waals surface area (Å²) in [6.45, 7) is -0.359. The summed E-state index contributed by atoms with van der Waals surface area (Å²) in [5, 5.41) is 7.44. The first kappa shape index (κ1) is 31.5. The number of amides is 3. The van der Waals surface area contributed by atoms with E-state index in [1.807, 2.05) is 43.3 Å². The number of thioether (sulfide) groups is 1. The van der Waals surface area contributed by atoms with Gasteiger partial charge in [-0.1, -0.05) is 35.2 Å². The van der Waals surface area contributed by atoms with Gasteiger partial charge in [0.1, 0.15) is 17.5 Å². The van der Waals surface area contributed by atoms with Crippen LogP contribution in [0.25, 0.3) is 0 Å². The largest absolute Gasteiger partial charge is 0.497 e. The molecule has 3 amide bonds. The van der Waals surface area contributed by atoms with Crippen LogP contribution < -0.4 is 29.9 Å². The number of imide groups is 1. The van der Waals surface area contributed by atoms with E-state index in [1.165, 1.54) is 40.8 Å². The van der Waals surface area contributed by atoms with Crippen LogP contribution in [0.1, 0.15) is 16.4 Å². The number of rotatable bonds is 8. The third-order valence-electron chi connectivity index (χ3n) is 7.92. The number of fused-ring (bicyclic) bond motifs is 2. The summed E-state index contributed by atoms with van der Waals surface area (Å²) in [4.78, 5) is 57.8. The van der Waals surface area contributed by atoms with Crippen molar-refractivity contribution in [3.63, 3.8) is 0 Å². The van der Waals surface area contributed by atoms with Crippen LogP contribution in [0, 0.1) is 5.92 Å². The fraction of sp³-hybridized carbons (Fsp3) is 0.226. The van der Waals surface area contributed by atoms with E-state index in [4.69, 9.17) is 9.88 Å². The van der Waals surface area contributed by atoms with Crippen LogP contribution in [0.3, 0.4) is 0 Å². The number of nitrogens with two attached hydrogens (primary N) is 1. The standard InChI is InChI=1S/C31H29N5O7S3/c1-34(2)19-8-4-17(5-9-19)24-25-26(29(39)36(28(25)38)20-10-12-21(43-3)13-11-20)44-30-27(24)45-31(40)35(30)16-23(37)33-18-6-14-22(15-7-18)46(32,41)42/h4-15,24-26H,16H2,1-3H3,(H,33,37)(H2,32,41,42)/t24-,25-,26+/m0/s1. The maximum absolute atomic E-state index is 14.1. The number of nitrogens with one attached hydrogen (secondary N) is 1. The van der Waals surface area contributed by atoms with Gasteiger partial charge in [-0.2, -0.15) is 0 Å². The number of aromatic nitrogens is 1. The highest BCUT2D eigenvalue weighted by Gasteiger charge is 2.56. The highest BCUT2D eigenvalue weighted by Crippen LogP contribution is 2.54. The minimum atomic E-state index is -3.90. The molecule has 4 aromatic rings. The Balaban J connectivity index is 1.37. The smallest absolute Gasteiger partial charge is 0.308 e. The number of carbonyl (C=O) groups is 3. The molecule has 3 aromatic carbocycles. The lowest BCUT2D eigenvalue weighted by Gasteiger charge is -2.31. The maximum Gasteiger partial charge on any atom is 0.308 e. The molecule has 3 atom stereocenters. The number of benzene rings is 3. The number of thiazole rings is 1. The Kier molecular flexibility index (Phi) is 8.27. The molecule has 15 heteroatoms. The molecule has 3 N–H and O–H groups in total. The predicted molar refractivity (Wildman–Crippen MR) is 176 cm³/mol. The van der Waals surface area contributed by atoms with Gasteiger partial charge in [-0.25, -0.2) is 18.5 Å². The summed E-state index contributed by atoms with van der Waals surface area (Å²) in [5.74, 6) is -2.11. The molecule has 0 saturated carbocycles. The van der Waals surface area contributed by atoms with Crippen molar-refractivity contribution in [2.75, 3.05) is 36.3 Å². The Morgan fingerprint density at radius 3 is 2.20 bits per heavy atom. The molecule has 0 aliphatic carbocycles. The van der Waals surface area contributed by atoms with Crippen LogP contribution in [-0.2, 0) is 31.0 Å². The number of carbonyl (C=O) groups excluding carboxylic acids is 3. The lowest BCUT2D eigenvalue weighted by atomic mass is 9.83. The molecule has 0 radical (unpaired) electrons. The first-order chi connectivity index (χ1) is 21.9. The fourth-order valence-electron chi connectivity index (χ4n) is 5.65. The van der Waals surface area contributed by atoms with Gasteiger partial charge in [0.15, 0.2) is 0 Å². The lowest BCUT2D eigenvalue weighted by molar-refractivity contribution is -0.122. The molecule has 0 bridgehead atoms. The van der Waals surface area contributed by atoms with E-state index in [-0.39, 0.29) is 17.3 Å². The molecular weight excluding hydrogens is 651 g/mol. The highest BCUT2D eigenvalue weighted by atomic mass is 32.2. The second-order valence-electron chi connectivity index (χ2n) is 11.0. The molecule has 238 valence electrons. The Labute approximate surface area is 272 Å². The minimum Gasteiger partial charge on any atom is -0.497 e. The Hall–Kier alpha value is -4.44. The maximum atomic E-state index is 14.1. The lowest BCUT2D eigenvalue weighted by Crippen LogP contribution is -2.33. The molecular formula is C31H29N5O7S3. The van der Waals surface area contributed by atoms with Crippen molar-refractivity contribution in [1.82, 2.24) is 4.57 Å². The van der Waals surface area contributed by atoms with E-state index in [0.29, 0.717) is 27.0 Å². The summed E-state index contributed by atoms with van der Waals surface area (Å²) in [7, 11) is 1.45. The second kappa shape index (κ2) is 12.1. The number of anilines is 3. The second-order valence-corrected chi connectivity index (χ2v) is 14.7. The number of hydrogen-bond acceptors (Lipinski definition) is 10. The van der Waals surface area contributed by atoms with E-state index in [0.717, 1.165) is 34.3 Å². The van der Waals surface area contributed by atoms with Crippen LogP contribution in [0.2, 0.25) is 0 Å². The Morgan fingerprint density at radius 1 is 0.957 bits per heavy atom. The number of primary sulfonamides is 1. The Morgan fingerprint density at radius 2 is 1.61 bits per heavy atom. The van der Waals surface area contributed by atoms with Gasteiger partial charge in [-0.3, -0.25) is 23.7 Å². The summed E-state index contributed by atoms with van der Waals surface area (Å²) in [6.07, 6.45) is 0. The zero-order valence-corrected chi connectivity index (χ0v) is 27.3. The zero-order chi connectivity index (χ0) is 32.9. The third-order valence-corrected chi connectivity index (χ3v) is 11.4. The van der Waals surface area contributed by atoms with Gasteiger partial charge < -0.3 is 15.0 Å². The molecule has 1 aromatic heterocycles. The Bertz CT molecular complexity index is 2000. The molecule has 3 heterocycles. The molecule has 46 heavy (non-hydrogen) atoms. The number of hydrogen-bond donors (Lipinski definition) is 2. The molecule has 0 spiro atoms. The van der Waals surface area contributed by atoms with Gasteiger partial charge in [-0.15, -0.1) is 0 Å². The summed E-state index contributed by atoms with van der Waals surface area (Å²) in [5.41, 5.74) is 2.44. The molecule has 2 aliphatic rings. The first-order valence-electron chi connectivity index (χ1n) is 14.0. The van der Waals surface area contributed by atoms with Crippen LogP contribution in [0.15, 0.2) is 87.5 Å². The SMILES string of the molecule is COc1ccc(N2C(=O)[C@H]3[C@H](c4ccc(N(C)C)cc4)c4sc(=O)n(CC(=O)Nc5ccc(S(N)(=O)=O)cc5)c4S[C@H]3C2=O)cc1. The third kappa shape index (κ3) is 5.70. The van der Waals surface area contributed by atoms with Crippen molar-refractivity contribution in [2.24, 2.45) is 11.1 Å². The molecule has 1 fully saturated rings. The molecule has 2 aliphatic heterocycles. The van der Waals surface area contributed by atoms with Crippen molar-refractivity contribution < 1.29 is 27.5 Å². The van der Waals surface area contributed by atoms with Crippen molar-refractivity contribution in [3.05, 3.63) is 92.9 Å². The molecule has 1 saturated heterocycles. The number of methoxy groups -OCH3 is 1. The average Bonchev–Trinajstić information content (AvgIpc) is 3.47. The molecule has 6 rings (SSSR count). The van der Waals surface area contributed by atoms with Crippen LogP contribution in [0.4, 0.5) is 17.1 Å². The zero-order valence-electron chi connectivity index (χ0n) is 24.9. The summed E-state index contributed by atoms with van der Waals surface area (Å²) < 4.78 is 29.7. The highest BCUT2D eigenvalue weighted by molar-refractivity contribution is 8.00. The normalized spacial score (nSPS) is 19.0. The summed E-state index contributed by atoms with van der Waals surface area (Å²) >= 11 is 2.07. The minimum absolute atomic E-state index is 0.108. The molecule has 12 nitrogen and oxygen atoms in total. The van der Waals surface area contributed by atoms with Gasteiger partial charge in [0.2, 0.25) is 27.7 Å². The average molecular weight is 680 g/mol. The monoisotopic (exact) mass is 679 g/mol. The van der Waals surface area contributed by atoms with E-state index in [1.54, 1.807) is 24.3 Å². The van der Waals surface area contributed by atoms with E-state index in [9.17, 15) is 27.6 Å². The van der Waals surface area contributed by atoms with Gasteiger partial charge >= 0.3 is 4.87 Å². The van der Waals surface area contributed by atoms with Crippen LogP contribution >= 0.6 is 23.1 Å². The number of ether oxygens (including phenoxy) is 1. The van der Waals surface area contributed by atoms with Crippen LogP contribution in [0.5, 0.6) is 5.75 Å². The van der Waals surface area contributed by atoms with Crippen LogP contribution in [-0.4, -0.2) is 57.2 Å². The fourth-order valence-corrected chi connectivity index (χ4v) is 8.94. The van der Waals surface area contributed by atoms with Gasteiger partial charge in [0, 0.05) is 36.3 Å². The number of sulfonamides is 1. The van der Waals surface area contributed by atoms with Gasteiger partial charge in [0.25, 0.3) is 0 Å². The van der Waals surface area contributed by atoms with Crippen molar-refractivity contribution in [3.8, 4) is 5.75 Å². The predicted octanol–water partition coefficient (Wildman–Crippen LogP) is 3.07. The first-order valence-corrected chi connectivity index (χ1v) is 17.2.